The van der Waals surface area contributed by atoms with Crippen LogP contribution in [0.2, 0.25) is 0 Å². The average Bonchev–Trinajstić information content (AvgIpc) is 3.38. The van der Waals surface area contributed by atoms with Gasteiger partial charge in [0.2, 0.25) is 0 Å². The molecule has 0 fully saturated rings. The standard InChI is InChI=1S/C18H15F3N4O3S/c19-18(20,21)13-2-3-15(25-11-22-10-23-25)14(7-13)24-16(26)8-28-17(27)4-1-12-5-6-29-9-12/h2-3,5-7,9-11H,1,4,8H2,(H,24,26). The Kier molecular flexibility index (Phi) is 6.27. The molecule has 0 atom stereocenters. The maximum atomic E-state index is 13.0. The van der Waals surface area contributed by atoms with Gasteiger partial charge in [-0.05, 0) is 47.0 Å². The van der Waals surface area contributed by atoms with Gasteiger partial charge < -0.3 is 10.1 Å². The lowest BCUT2D eigenvalue weighted by molar-refractivity contribution is -0.147. The highest BCUT2D eigenvalue weighted by atomic mass is 32.1. The molecule has 3 aromatic rings. The molecule has 152 valence electrons. The zero-order valence-electron chi connectivity index (χ0n) is 14.8. The Labute approximate surface area is 167 Å². The van der Waals surface area contributed by atoms with Gasteiger partial charge in [0.05, 0.1) is 16.9 Å². The molecule has 0 aliphatic heterocycles. The summed E-state index contributed by atoms with van der Waals surface area (Å²) in [5.74, 6) is -1.35. The number of nitrogens with zero attached hydrogens (tertiary/aromatic N) is 3. The number of amides is 1. The first-order valence-electron chi connectivity index (χ1n) is 8.36. The molecule has 0 unspecified atom stereocenters. The Morgan fingerprint density at radius 2 is 2.07 bits per heavy atom. The fraction of sp³-hybridized carbons (Fsp3) is 0.222. The second kappa shape index (κ2) is 8.86. The van der Waals surface area contributed by atoms with E-state index in [-0.39, 0.29) is 17.8 Å². The zero-order chi connectivity index (χ0) is 20.9. The molecule has 0 aliphatic carbocycles. The minimum absolute atomic E-state index is 0.0950. The van der Waals surface area contributed by atoms with Crippen molar-refractivity contribution in [3.05, 3.63) is 58.8 Å². The number of benzene rings is 1. The molecule has 0 radical (unpaired) electrons. The highest BCUT2D eigenvalue weighted by Crippen LogP contribution is 2.33. The van der Waals surface area contributed by atoms with Gasteiger partial charge in [-0.2, -0.15) is 29.6 Å². The molecule has 0 bridgehead atoms. The monoisotopic (exact) mass is 424 g/mol. The molecule has 1 aromatic carbocycles. The number of hydrogen-bond donors (Lipinski definition) is 1. The van der Waals surface area contributed by atoms with Gasteiger partial charge in [-0.1, -0.05) is 0 Å². The Morgan fingerprint density at radius 1 is 1.24 bits per heavy atom. The molecule has 0 spiro atoms. The molecular formula is C18H15F3N4O3S. The van der Waals surface area contributed by atoms with Crippen LogP contribution in [-0.4, -0.2) is 33.2 Å². The van der Waals surface area contributed by atoms with E-state index in [0.717, 1.165) is 17.7 Å². The van der Waals surface area contributed by atoms with Gasteiger partial charge in [-0.15, -0.1) is 0 Å². The predicted octanol–water partition coefficient (Wildman–Crippen LogP) is 3.46. The molecule has 1 N–H and O–H groups in total. The maximum absolute atomic E-state index is 13.0. The van der Waals surface area contributed by atoms with Crippen molar-refractivity contribution in [1.82, 2.24) is 14.8 Å². The van der Waals surface area contributed by atoms with E-state index in [1.165, 1.54) is 34.7 Å². The number of alkyl halides is 3. The van der Waals surface area contributed by atoms with Gasteiger partial charge in [0.15, 0.2) is 6.61 Å². The summed E-state index contributed by atoms with van der Waals surface area (Å²) in [4.78, 5) is 27.6. The highest BCUT2D eigenvalue weighted by Gasteiger charge is 2.31. The summed E-state index contributed by atoms with van der Waals surface area (Å²) >= 11 is 1.51. The van der Waals surface area contributed by atoms with Crippen LogP contribution in [0.3, 0.4) is 0 Å². The molecule has 0 saturated heterocycles. The van der Waals surface area contributed by atoms with Crippen LogP contribution in [0.1, 0.15) is 17.5 Å². The number of aromatic nitrogens is 3. The first-order valence-corrected chi connectivity index (χ1v) is 9.30. The number of esters is 1. The molecule has 0 saturated carbocycles. The Morgan fingerprint density at radius 3 is 2.72 bits per heavy atom. The number of halogens is 3. The number of thiophene rings is 1. The number of hydrogen-bond acceptors (Lipinski definition) is 6. The summed E-state index contributed by atoms with van der Waals surface area (Å²) in [6.07, 6.45) is -1.53. The van der Waals surface area contributed by atoms with Gasteiger partial charge in [-0.3, -0.25) is 9.59 Å². The Hall–Kier alpha value is -3.21. The zero-order valence-corrected chi connectivity index (χ0v) is 15.7. The number of carbonyl (C=O) groups excluding carboxylic acids is 2. The Balaban J connectivity index is 1.64. The van der Waals surface area contributed by atoms with Crippen LogP contribution in [-0.2, 0) is 26.9 Å². The summed E-state index contributed by atoms with van der Waals surface area (Å²) in [7, 11) is 0. The van der Waals surface area contributed by atoms with Crippen molar-refractivity contribution in [2.45, 2.75) is 19.0 Å². The topological polar surface area (TPSA) is 86.1 Å². The van der Waals surface area contributed by atoms with Crippen LogP contribution in [0, 0.1) is 0 Å². The van der Waals surface area contributed by atoms with Crippen LogP contribution >= 0.6 is 11.3 Å². The van der Waals surface area contributed by atoms with E-state index in [0.29, 0.717) is 6.42 Å². The normalized spacial score (nSPS) is 11.3. The Bertz CT molecular complexity index is 973. The first kappa shape index (κ1) is 20.5. The molecule has 3 rings (SSSR count). The molecule has 1 amide bonds. The van der Waals surface area contributed by atoms with E-state index in [1.807, 2.05) is 16.8 Å². The third kappa shape index (κ3) is 5.64. The van der Waals surface area contributed by atoms with Gasteiger partial charge in [-0.25, -0.2) is 9.67 Å². The second-order valence-corrected chi connectivity index (χ2v) is 6.69. The van der Waals surface area contributed by atoms with Crippen molar-refractivity contribution in [2.75, 3.05) is 11.9 Å². The number of carbonyl (C=O) groups is 2. The number of aryl methyl sites for hydroxylation is 1. The van der Waals surface area contributed by atoms with Crippen LogP contribution in [0.4, 0.5) is 18.9 Å². The molecule has 2 aromatic heterocycles. The lowest BCUT2D eigenvalue weighted by Gasteiger charge is -2.14. The average molecular weight is 424 g/mol. The molecule has 7 nitrogen and oxygen atoms in total. The van der Waals surface area contributed by atoms with Crippen LogP contribution in [0.15, 0.2) is 47.7 Å². The minimum Gasteiger partial charge on any atom is -0.456 e. The summed E-state index contributed by atoms with van der Waals surface area (Å²) in [5, 5.41) is 9.98. The first-order chi connectivity index (χ1) is 13.8. The van der Waals surface area contributed by atoms with Crippen molar-refractivity contribution in [2.24, 2.45) is 0 Å². The number of ether oxygens (including phenoxy) is 1. The van der Waals surface area contributed by atoms with Crippen molar-refractivity contribution in [1.29, 1.82) is 0 Å². The van der Waals surface area contributed by atoms with E-state index in [2.05, 4.69) is 15.4 Å². The van der Waals surface area contributed by atoms with Crippen LogP contribution in [0.25, 0.3) is 5.69 Å². The lowest BCUT2D eigenvalue weighted by atomic mass is 10.1. The molecule has 0 aliphatic rings. The van der Waals surface area contributed by atoms with Gasteiger partial charge in [0, 0.05) is 6.42 Å². The van der Waals surface area contributed by atoms with Crippen LogP contribution < -0.4 is 5.32 Å². The third-order valence-corrected chi connectivity index (χ3v) is 4.56. The smallest absolute Gasteiger partial charge is 0.416 e. The highest BCUT2D eigenvalue weighted by molar-refractivity contribution is 7.07. The van der Waals surface area contributed by atoms with Crippen molar-refractivity contribution >= 4 is 28.9 Å². The lowest BCUT2D eigenvalue weighted by Crippen LogP contribution is -2.22. The van der Waals surface area contributed by atoms with Gasteiger partial charge in [0.25, 0.3) is 5.91 Å². The fourth-order valence-electron chi connectivity index (χ4n) is 2.43. The third-order valence-electron chi connectivity index (χ3n) is 3.83. The largest absolute Gasteiger partial charge is 0.456 e. The van der Waals surface area contributed by atoms with E-state index in [1.54, 1.807) is 0 Å². The molecular weight excluding hydrogens is 409 g/mol. The van der Waals surface area contributed by atoms with Crippen LogP contribution in [0.5, 0.6) is 0 Å². The summed E-state index contributed by atoms with van der Waals surface area (Å²) in [6, 6.07) is 4.70. The maximum Gasteiger partial charge on any atom is 0.416 e. The van der Waals surface area contributed by atoms with E-state index >= 15 is 0 Å². The minimum atomic E-state index is -4.59. The van der Waals surface area contributed by atoms with E-state index in [4.69, 9.17) is 4.74 Å². The van der Waals surface area contributed by atoms with Gasteiger partial charge >= 0.3 is 12.1 Å². The van der Waals surface area contributed by atoms with Crippen molar-refractivity contribution < 1.29 is 27.5 Å². The number of anilines is 1. The molecule has 2 heterocycles. The quantitative estimate of drug-likeness (QED) is 0.587. The van der Waals surface area contributed by atoms with E-state index in [9.17, 15) is 22.8 Å². The number of rotatable bonds is 7. The second-order valence-electron chi connectivity index (χ2n) is 5.91. The molecule has 29 heavy (non-hydrogen) atoms. The molecule has 11 heteroatoms. The number of nitrogens with one attached hydrogen (secondary N) is 1. The summed E-state index contributed by atoms with van der Waals surface area (Å²) in [6.45, 7) is -0.616. The van der Waals surface area contributed by atoms with Crippen molar-refractivity contribution in [3.8, 4) is 5.69 Å². The predicted molar refractivity (Wildman–Crippen MR) is 98.6 cm³/mol. The summed E-state index contributed by atoms with van der Waals surface area (Å²) < 4.78 is 45.2. The van der Waals surface area contributed by atoms with Crippen molar-refractivity contribution in [3.63, 3.8) is 0 Å². The van der Waals surface area contributed by atoms with E-state index < -0.39 is 30.2 Å². The fourth-order valence-corrected chi connectivity index (χ4v) is 3.13. The van der Waals surface area contributed by atoms with Gasteiger partial charge in [0.1, 0.15) is 12.7 Å². The SMILES string of the molecule is O=C(COC(=O)CCc1ccsc1)Nc1cc(C(F)(F)F)ccc1-n1cncn1. The summed E-state index contributed by atoms with van der Waals surface area (Å²) in [5.41, 5.74) is 0.0968.